The lowest BCUT2D eigenvalue weighted by molar-refractivity contribution is 0.879. The summed E-state index contributed by atoms with van der Waals surface area (Å²) in [5, 5.41) is 10.1. The van der Waals surface area contributed by atoms with Gasteiger partial charge in [0, 0.05) is 0 Å². The molecule has 2 heterocycles. The third-order valence-corrected chi connectivity index (χ3v) is 1.91. The van der Waals surface area contributed by atoms with E-state index in [-0.39, 0.29) is 4.87 Å². The second kappa shape index (κ2) is 1.66. The molecule has 0 atom stereocenters. The highest BCUT2D eigenvalue weighted by atomic mass is 32.1. The van der Waals surface area contributed by atoms with E-state index in [0.717, 1.165) is 11.3 Å². The zero-order valence-corrected chi connectivity index (χ0v) is 5.97. The lowest BCUT2D eigenvalue weighted by Gasteiger charge is -1.79. The van der Waals surface area contributed by atoms with Crippen molar-refractivity contribution >= 4 is 16.3 Å². The van der Waals surface area contributed by atoms with E-state index in [2.05, 4.69) is 15.3 Å². The molecule has 2 aromatic heterocycles. The number of rotatable bonds is 0. The zero-order valence-electron chi connectivity index (χ0n) is 5.16. The zero-order chi connectivity index (χ0) is 7.14. The molecule has 2 rings (SSSR count). The molecule has 0 bridgehead atoms. The predicted octanol–water partition coefficient (Wildman–Crippen LogP) is -0.212. The van der Waals surface area contributed by atoms with Gasteiger partial charge >= 0.3 is 4.87 Å². The van der Waals surface area contributed by atoms with E-state index in [1.54, 1.807) is 11.4 Å². The van der Waals surface area contributed by atoms with Crippen LogP contribution in [0.4, 0.5) is 0 Å². The van der Waals surface area contributed by atoms with E-state index >= 15 is 0 Å². The third-order valence-electron chi connectivity index (χ3n) is 1.18. The summed E-state index contributed by atoms with van der Waals surface area (Å²) in [6, 6.07) is 0. The highest BCUT2D eigenvalue weighted by Gasteiger charge is 2.02. The smallest absolute Gasteiger partial charge is 0.255 e. The van der Waals surface area contributed by atoms with Crippen LogP contribution in [0.5, 0.6) is 0 Å². The second-order valence-corrected chi connectivity index (χ2v) is 2.81. The van der Waals surface area contributed by atoms with Gasteiger partial charge < -0.3 is 0 Å². The normalized spacial score (nSPS) is 10.9. The first-order chi connectivity index (χ1) is 4.77. The average Bonchev–Trinajstić information content (AvgIpc) is 2.35. The Kier molecular flexibility index (Phi) is 0.930. The van der Waals surface area contributed by atoms with Crippen LogP contribution in [0.15, 0.2) is 4.79 Å². The van der Waals surface area contributed by atoms with E-state index in [1.807, 2.05) is 0 Å². The first kappa shape index (κ1) is 5.60. The van der Waals surface area contributed by atoms with Crippen LogP contribution in [0, 0.1) is 6.92 Å². The summed E-state index contributed by atoms with van der Waals surface area (Å²) in [5.41, 5.74) is 0. The minimum Gasteiger partial charge on any atom is -0.255 e. The summed E-state index contributed by atoms with van der Waals surface area (Å²) in [7, 11) is 0. The molecule has 2 aromatic rings. The number of H-pyrrole nitrogens is 1. The van der Waals surface area contributed by atoms with E-state index in [1.165, 1.54) is 0 Å². The number of fused-ring (bicyclic) bond motifs is 1. The van der Waals surface area contributed by atoms with Gasteiger partial charge in [-0.3, -0.25) is 4.79 Å². The van der Waals surface area contributed by atoms with Crippen LogP contribution in [0.1, 0.15) is 5.82 Å². The van der Waals surface area contributed by atoms with E-state index in [4.69, 9.17) is 0 Å². The topological polar surface area (TPSA) is 63.0 Å². The van der Waals surface area contributed by atoms with Crippen molar-refractivity contribution in [3.05, 3.63) is 15.5 Å². The Morgan fingerprint density at radius 3 is 3.10 bits per heavy atom. The minimum atomic E-state index is -0.104. The lowest BCUT2D eigenvalue weighted by Crippen LogP contribution is -1.98. The van der Waals surface area contributed by atoms with Crippen molar-refractivity contribution in [2.24, 2.45) is 0 Å². The molecule has 5 nitrogen and oxygen atoms in total. The highest BCUT2D eigenvalue weighted by Crippen LogP contribution is 2.00. The standard InChI is InChI=1S/C4H4N4OS/c1-2-5-6-3-8(2)7-4(9)10-3/h1H3,(H,7,9). The summed E-state index contributed by atoms with van der Waals surface area (Å²) < 4.78 is 1.56. The molecule has 52 valence electrons. The van der Waals surface area contributed by atoms with Gasteiger partial charge in [0.1, 0.15) is 0 Å². The molecule has 10 heavy (non-hydrogen) atoms. The van der Waals surface area contributed by atoms with Gasteiger partial charge in [0.05, 0.1) is 0 Å². The van der Waals surface area contributed by atoms with Crippen molar-refractivity contribution in [3.8, 4) is 0 Å². The molecular weight excluding hydrogens is 152 g/mol. The van der Waals surface area contributed by atoms with Crippen molar-refractivity contribution in [1.82, 2.24) is 19.8 Å². The van der Waals surface area contributed by atoms with Gasteiger partial charge in [-0.1, -0.05) is 0 Å². The number of aryl methyl sites for hydroxylation is 1. The molecule has 0 saturated heterocycles. The van der Waals surface area contributed by atoms with Crippen LogP contribution in [0.2, 0.25) is 0 Å². The van der Waals surface area contributed by atoms with Gasteiger partial charge in [0.25, 0.3) is 0 Å². The number of hydrogen-bond donors (Lipinski definition) is 1. The largest absolute Gasteiger partial charge is 0.322 e. The molecule has 0 spiro atoms. The SMILES string of the molecule is Cc1nnc2sc(=O)[nH]n12. The third kappa shape index (κ3) is 0.590. The highest BCUT2D eigenvalue weighted by molar-refractivity contribution is 7.14. The fourth-order valence-corrected chi connectivity index (χ4v) is 1.39. The summed E-state index contributed by atoms with van der Waals surface area (Å²) in [6.45, 7) is 1.78. The number of aromatic amines is 1. The lowest BCUT2D eigenvalue weighted by atomic mass is 10.7. The van der Waals surface area contributed by atoms with Crippen LogP contribution >= 0.6 is 11.3 Å². The molecule has 6 heteroatoms. The average molecular weight is 156 g/mol. The number of nitrogens with one attached hydrogen (secondary N) is 1. The number of aromatic nitrogens is 4. The Labute approximate surface area is 59.3 Å². The predicted molar refractivity (Wildman–Crippen MR) is 36.2 cm³/mol. The van der Waals surface area contributed by atoms with Crippen LogP contribution in [-0.4, -0.2) is 19.8 Å². The van der Waals surface area contributed by atoms with Crippen LogP contribution in [0.25, 0.3) is 4.96 Å². The van der Waals surface area contributed by atoms with Crippen LogP contribution < -0.4 is 4.87 Å². The molecule has 0 amide bonds. The quantitative estimate of drug-likeness (QED) is 0.574. The van der Waals surface area contributed by atoms with Gasteiger partial charge in [-0.15, -0.1) is 10.2 Å². The summed E-state index contributed by atoms with van der Waals surface area (Å²) >= 11 is 1.05. The Hall–Kier alpha value is -1.17. The molecule has 0 unspecified atom stereocenters. The maximum atomic E-state index is 10.7. The van der Waals surface area contributed by atoms with Crippen LogP contribution in [-0.2, 0) is 0 Å². The first-order valence-electron chi connectivity index (χ1n) is 2.68. The minimum absolute atomic E-state index is 0.104. The Morgan fingerprint density at radius 1 is 1.60 bits per heavy atom. The maximum Gasteiger partial charge on any atom is 0.322 e. The monoisotopic (exact) mass is 156 g/mol. The second-order valence-electron chi connectivity index (χ2n) is 1.87. The van der Waals surface area contributed by atoms with Crippen molar-refractivity contribution < 1.29 is 0 Å². The van der Waals surface area contributed by atoms with Crippen molar-refractivity contribution in [1.29, 1.82) is 0 Å². The van der Waals surface area contributed by atoms with Crippen molar-refractivity contribution in [2.75, 3.05) is 0 Å². The molecule has 0 aliphatic carbocycles. The maximum absolute atomic E-state index is 10.7. The summed E-state index contributed by atoms with van der Waals surface area (Å²) in [5.74, 6) is 0.702. The molecule has 0 aromatic carbocycles. The number of nitrogens with zero attached hydrogens (tertiary/aromatic N) is 3. The fourth-order valence-electron chi connectivity index (χ4n) is 0.735. The Morgan fingerprint density at radius 2 is 2.40 bits per heavy atom. The number of hydrogen-bond acceptors (Lipinski definition) is 4. The summed E-state index contributed by atoms with van der Waals surface area (Å²) in [4.78, 5) is 11.2. The van der Waals surface area contributed by atoms with E-state index < -0.39 is 0 Å². The molecule has 0 fully saturated rings. The van der Waals surface area contributed by atoms with Gasteiger partial charge in [-0.2, -0.15) is 0 Å². The molecule has 0 aliphatic rings. The van der Waals surface area contributed by atoms with Crippen molar-refractivity contribution in [3.63, 3.8) is 0 Å². The van der Waals surface area contributed by atoms with E-state index in [9.17, 15) is 4.79 Å². The fraction of sp³-hybridized carbons (Fsp3) is 0.250. The molecule has 0 radical (unpaired) electrons. The molecular formula is C4H4N4OS. The van der Waals surface area contributed by atoms with Gasteiger partial charge in [-0.05, 0) is 18.3 Å². The van der Waals surface area contributed by atoms with Gasteiger partial charge in [0.2, 0.25) is 4.96 Å². The summed E-state index contributed by atoms with van der Waals surface area (Å²) in [6.07, 6.45) is 0. The molecule has 1 N–H and O–H groups in total. The Bertz CT molecular complexity index is 410. The van der Waals surface area contributed by atoms with E-state index in [0.29, 0.717) is 10.8 Å². The van der Waals surface area contributed by atoms with Gasteiger partial charge in [-0.25, -0.2) is 9.61 Å². The Balaban J connectivity index is 3.03. The van der Waals surface area contributed by atoms with Gasteiger partial charge in [0.15, 0.2) is 5.82 Å². The van der Waals surface area contributed by atoms with Crippen LogP contribution in [0.3, 0.4) is 0 Å². The molecule has 0 saturated carbocycles. The molecule has 0 aliphatic heterocycles. The van der Waals surface area contributed by atoms with Crippen molar-refractivity contribution in [2.45, 2.75) is 6.92 Å². The first-order valence-corrected chi connectivity index (χ1v) is 3.50.